The molecule has 10 heavy (non-hydrogen) atoms. The molecule has 2 bridgehead atoms. The summed E-state index contributed by atoms with van der Waals surface area (Å²) in [5, 5.41) is 11.7. The molecule has 0 saturated carbocycles. The molecule has 2 aliphatic rings. The van der Waals surface area contributed by atoms with Crippen LogP contribution in [0.3, 0.4) is 0 Å². The fourth-order valence-electron chi connectivity index (χ4n) is 1.75. The van der Waals surface area contributed by atoms with Crippen molar-refractivity contribution < 1.29 is 9.94 Å². The third kappa shape index (κ3) is 0.814. The first-order chi connectivity index (χ1) is 4.90. The molecule has 3 heteroatoms. The van der Waals surface area contributed by atoms with Gasteiger partial charge < -0.3 is 9.94 Å². The van der Waals surface area contributed by atoms with Gasteiger partial charge in [0.1, 0.15) is 0 Å². The third-order valence-electron chi connectivity index (χ3n) is 2.33. The fourth-order valence-corrected chi connectivity index (χ4v) is 1.75. The standard InChI is InChI=1S/C7H11NO2/c9-8-6-3-1-5-2-4-7(6)10-5/h5,7,9H,1-4H2/b8-6+. The van der Waals surface area contributed by atoms with Gasteiger partial charge in [-0.05, 0) is 25.7 Å². The van der Waals surface area contributed by atoms with Crippen molar-refractivity contribution in [2.75, 3.05) is 0 Å². The Morgan fingerprint density at radius 2 is 2.30 bits per heavy atom. The van der Waals surface area contributed by atoms with Crippen LogP contribution in [0.5, 0.6) is 0 Å². The zero-order chi connectivity index (χ0) is 6.97. The zero-order valence-corrected chi connectivity index (χ0v) is 5.79. The molecule has 2 unspecified atom stereocenters. The van der Waals surface area contributed by atoms with Crippen molar-refractivity contribution >= 4 is 5.71 Å². The van der Waals surface area contributed by atoms with Crippen molar-refractivity contribution in [1.82, 2.24) is 0 Å². The van der Waals surface area contributed by atoms with Gasteiger partial charge in [0.25, 0.3) is 0 Å². The van der Waals surface area contributed by atoms with E-state index in [2.05, 4.69) is 5.16 Å². The predicted molar refractivity (Wildman–Crippen MR) is 36.4 cm³/mol. The van der Waals surface area contributed by atoms with Crippen LogP contribution < -0.4 is 0 Å². The van der Waals surface area contributed by atoms with E-state index in [0.29, 0.717) is 6.10 Å². The molecule has 2 rings (SSSR count). The van der Waals surface area contributed by atoms with E-state index < -0.39 is 0 Å². The number of ether oxygens (including phenoxy) is 1. The van der Waals surface area contributed by atoms with E-state index in [4.69, 9.17) is 9.94 Å². The van der Waals surface area contributed by atoms with Crippen molar-refractivity contribution in [2.45, 2.75) is 37.9 Å². The first kappa shape index (κ1) is 6.16. The smallest absolute Gasteiger partial charge is 0.0993 e. The number of hydrogen-bond acceptors (Lipinski definition) is 3. The minimum Gasteiger partial charge on any atom is -0.411 e. The Balaban J connectivity index is 2.14. The van der Waals surface area contributed by atoms with Crippen LogP contribution in [0.25, 0.3) is 0 Å². The SMILES string of the molecule is O/N=C1\CCC2CCC1O2. The van der Waals surface area contributed by atoms with Crippen LogP contribution in [-0.2, 0) is 4.74 Å². The Bertz CT molecular complexity index is 167. The van der Waals surface area contributed by atoms with E-state index in [9.17, 15) is 0 Å². The molecule has 2 saturated heterocycles. The Hall–Kier alpha value is -0.570. The molecule has 0 aliphatic carbocycles. The van der Waals surface area contributed by atoms with Gasteiger partial charge in [0, 0.05) is 0 Å². The van der Waals surface area contributed by atoms with Crippen molar-refractivity contribution in [1.29, 1.82) is 0 Å². The van der Waals surface area contributed by atoms with E-state index in [0.717, 1.165) is 31.4 Å². The first-order valence-electron chi connectivity index (χ1n) is 3.76. The summed E-state index contributed by atoms with van der Waals surface area (Å²) in [6, 6.07) is 0. The fraction of sp³-hybridized carbons (Fsp3) is 0.857. The van der Waals surface area contributed by atoms with Gasteiger partial charge in [-0.25, -0.2) is 0 Å². The lowest BCUT2D eigenvalue weighted by molar-refractivity contribution is 0.0587. The highest BCUT2D eigenvalue weighted by Crippen LogP contribution is 2.30. The molecule has 1 N–H and O–H groups in total. The summed E-state index contributed by atoms with van der Waals surface area (Å²) in [5.41, 5.74) is 0.841. The molecule has 3 nitrogen and oxygen atoms in total. The summed E-state index contributed by atoms with van der Waals surface area (Å²) >= 11 is 0. The average molecular weight is 141 g/mol. The van der Waals surface area contributed by atoms with Crippen LogP contribution in [0.15, 0.2) is 5.16 Å². The first-order valence-corrected chi connectivity index (χ1v) is 3.76. The van der Waals surface area contributed by atoms with Gasteiger partial charge in [0.05, 0.1) is 17.9 Å². The van der Waals surface area contributed by atoms with Crippen molar-refractivity contribution in [3.05, 3.63) is 0 Å². The van der Waals surface area contributed by atoms with Crippen LogP contribution in [0, 0.1) is 0 Å². The maximum Gasteiger partial charge on any atom is 0.0993 e. The molecular formula is C7H11NO2. The Morgan fingerprint density at radius 1 is 1.40 bits per heavy atom. The van der Waals surface area contributed by atoms with Gasteiger partial charge in [-0.2, -0.15) is 0 Å². The van der Waals surface area contributed by atoms with E-state index in [1.165, 1.54) is 0 Å². The van der Waals surface area contributed by atoms with Gasteiger partial charge in [0.2, 0.25) is 0 Å². The Labute approximate surface area is 59.7 Å². The molecule has 0 aromatic heterocycles. The van der Waals surface area contributed by atoms with Crippen LogP contribution in [-0.4, -0.2) is 23.1 Å². The number of rotatable bonds is 0. The highest BCUT2D eigenvalue weighted by molar-refractivity contribution is 5.89. The van der Waals surface area contributed by atoms with Crippen LogP contribution in [0.2, 0.25) is 0 Å². The third-order valence-corrected chi connectivity index (χ3v) is 2.33. The Kier molecular flexibility index (Phi) is 1.38. The molecule has 0 aromatic carbocycles. The number of nitrogens with zero attached hydrogens (tertiary/aromatic N) is 1. The second-order valence-corrected chi connectivity index (χ2v) is 2.95. The van der Waals surface area contributed by atoms with E-state index in [-0.39, 0.29) is 6.10 Å². The summed E-state index contributed by atoms with van der Waals surface area (Å²) in [6.07, 6.45) is 4.74. The maximum atomic E-state index is 8.52. The summed E-state index contributed by atoms with van der Waals surface area (Å²) in [7, 11) is 0. The van der Waals surface area contributed by atoms with E-state index >= 15 is 0 Å². The number of fused-ring (bicyclic) bond motifs is 2. The lowest BCUT2D eigenvalue weighted by atomic mass is 10.1. The topological polar surface area (TPSA) is 41.8 Å². The van der Waals surface area contributed by atoms with Crippen molar-refractivity contribution in [3.8, 4) is 0 Å². The molecule has 0 radical (unpaired) electrons. The Morgan fingerprint density at radius 3 is 3.10 bits per heavy atom. The summed E-state index contributed by atoms with van der Waals surface area (Å²) in [6.45, 7) is 0. The molecule has 0 amide bonds. The largest absolute Gasteiger partial charge is 0.411 e. The minimum absolute atomic E-state index is 0.142. The molecule has 2 fully saturated rings. The quantitative estimate of drug-likeness (QED) is 0.406. The highest BCUT2D eigenvalue weighted by atomic mass is 16.5. The predicted octanol–water partition coefficient (Wildman–Crippen LogP) is 1.16. The monoisotopic (exact) mass is 141 g/mol. The molecular weight excluding hydrogens is 130 g/mol. The summed E-state index contributed by atoms with van der Waals surface area (Å²) < 4.78 is 5.51. The average Bonchev–Trinajstić information content (AvgIpc) is 2.34. The second kappa shape index (κ2) is 2.23. The van der Waals surface area contributed by atoms with Crippen molar-refractivity contribution in [2.24, 2.45) is 5.16 Å². The van der Waals surface area contributed by atoms with Crippen LogP contribution in [0.1, 0.15) is 25.7 Å². The lowest BCUT2D eigenvalue weighted by Gasteiger charge is -2.20. The normalized spacial score (nSPS) is 42.6. The van der Waals surface area contributed by atoms with Gasteiger partial charge in [-0.15, -0.1) is 0 Å². The van der Waals surface area contributed by atoms with Crippen molar-refractivity contribution in [3.63, 3.8) is 0 Å². The molecule has 2 atom stereocenters. The summed E-state index contributed by atoms with van der Waals surface area (Å²) in [4.78, 5) is 0. The second-order valence-electron chi connectivity index (χ2n) is 2.95. The number of hydrogen-bond donors (Lipinski definition) is 1. The number of oxime groups is 1. The van der Waals surface area contributed by atoms with Crippen LogP contribution >= 0.6 is 0 Å². The van der Waals surface area contributed by atoms with Gasteiger partial charge in [0.15, 0.2) is 0 Å². The summed E-state index contributed by atoms with van der Waals surface area (Å²) in [5.74, 6) is 0. The van der Waals surface area contributed by atoms with Gasteiger partial charge in [-0.1, -0.05) is 5.16 Å². The molecule has 0 spiro atoms. The lowest BCUT2D eigenvalue weighted by Crippen LogP contribution is -2.27. The van der Waals surface area contributed by atoms with Gasteiger partial charge >= 0.3 is 0 Å². The minimum atomic E-state index is 0.142. The van der Waals surface area contributed by atoms with E-state index in [1.54, 1.807) is 0 Å². The molecule has 2 aliphatic heterocycles. The highest BCUT2D eigenvalue weighted by Gasteiger charge is 2.34. The van der Waals surface area contributed by atoms with Crippen LogP contribution in [0.4, 0.5) is 0 Å². The molecule has 2 heterocycles. The van der Waals surface area contributed by atoms with Gasteiger partial charge in [-0.3, -0.25) is 0 Å². The van der Waals surface area contributed by atoms with E-state index in [1.807, 2.05) is 0 Å². The molecule has 0 aromatic rings. The maximum absolute atomic E-state index is 8.52. The zero-order valence-electron chi connectivity index (χ0n) is 5.79. The molecule has 56 valence electrons.